The van der Waals surface area contributed by atoms with Gasteiger partial charge < -0.3 is 19.7 Å². The van der Waals surface area contributed by atoms with E-state index in [-0.39, 0.29) is 25.7 Å². The fourth-order valence-electron chi connectivity index (χ4n) is 30.8. The van der Waals surface area contributed by atoms with E-state index in [0.29, 0.717) is 0 Å². The molecule has 0 aliphatic heterocycles. The van der Waals surface area contributed by atoms with Gasteiger partial charge in [-0.15, -0.1) is 0 Å². The molecule has 8 unspecified atom stereocenters. The van der Waals surface area contributed by atoms with Crippen LogP contribution in [0.25, 0.3) is 200 Å². The van der Waals surface area contributed by atoms with E-state index in [1.54, 1.807) is 55.3 Å². The van der Waals surface area contributed by atoms with Crippen LogP contribution in [-0.2, 0) is 61.1 Å². The zero-order chi connectivity index (χ0) is 55.0. The molecule has 0 radical (unpaired) electrons. The molecule has 24 bridgehead atoms. The van der Waals surface area contributed by atoms with Crippen molar-refractivity contribution in [2.75, 3.05) is 0 Å². The monoisotopic (exact) mass is 1120 g/mol. The molecule has 17 aromatic carbocycles. The number of carboxylic acids is 2. The number of ether oxygens (including phenoxy) is 2. The summed E-state index contributed by atoms with van der Waals surface area (Å²) in [5.74, 6) is -2.93. The summed E-state index contributed by atoms with van der Waals surface area (Å²) in [6.45, 7) is 0. The zero-order valence-electron chi connectivity index (χ0n) is 45.9. The Hall–Kier alpha value is -9.66. The highest BCUT2D eigenvalue weighted by atomic mass is 16.5. The maximum atomic E-state index is 15.7. The number of benzene rings is 12. The van der Waals surface area contributed by atoms with E-state index < -0.39 is 68.6 Å². The average Bonchev–Trinajstić information content (AvgIpc) is 1.36. The molecule has 8 atom stereocenters. The molecule has 88 heavy (non-hydrogen) atoms. The molecule has 17 aromatic rings. The summed E-state index contributed by atoms with van der Waals surface area (Å²) >= 11 is 0. The lowest BCUT2D eigenvalue weighted by Gasteiger charge is -2.65. The molecule has 6 spiro atoms. The second-order valence-electron chi connectivity index (χ2n) is 31.5. The van der Waals surface area contributed by atoms with Crippen LogP contribution in [0.1, 0.15) is 142 Å². The molecule has 0 fully saturated rings. The lowest BCUT2D eigenvalue weighted by molar-refractivity contribution is -0.152. The normalized spacial score (nSPS) is 31.7. The number of hydrogen-bond acceptors (Lipinski definition) is 6. The number of fused-ring (bicyclic) bond motifs is 2. The molecular weight excluding hydrogens is 1090 g/mol. The fraction of sp³-hybridized carbons (Fsp3) is 0.225. The van der Waals surface area contributed by atoms with Crippen LogP contribution in [0.15, 0.2) is 41.0 Å². The number of carboxylic acid groups (broad SMARTS) is 2. The highest BCUT2D eigenvalue weighted by molar-refractivity contribution is 6.69. The number of carbonyl (C=O) groups is 4. The van der Waals surface area contributed by atoms with Crippen LogP contribution in [0.5, 0.6) is 0 Å². The van der Waals surface area contributed by atoms with Crippen LogP contribution in [-0.4, -0.2) is 46.3 Å². The predicted octanol–water partition coefficient (Wildman–Crippen LogP) is 15.6. The van der Waals surface area contributed by atoms with E-state index in [0.717, 1.165) is 38.5 Å². The second kappa shape index (κ2) is 9.12. The Balaban J connectivity index is 0.994. The molecule has 396 valence electrons. The van der Waals surface area contributed by atoms with E-state index in [9.17, 15) is 19.8 Å². The first-order chi connectivity index (χ1) is 43.3. The van der Waals surface area contributed by atoms with E-state index in [1.165, 1.54) is 239 Å². The smallest absolute Gasteiger partial charge is 0.307 e. The van der Waals surface area contributed by atoms with Gasteiger partial charge >= 0.3 is 23.9 Å². The number of hydrogen-bond donors (Lipinski definition) is 2. The first kappa shape index (κ1) is 37.8. The molecule has 8 nitrogen and oxygen atoms in total. The lowest BCUT2D eigenvalue weighted by atomic mass is 9.34. The van der Waals surface area contributed by atoms with Gasteiger partial charge in [0.25, 0.3) is 0 Å². The van der Waals surface area contributed by atoms with E-state index >= 15 is 9.59 Å². The molecule has 0 amide bonds. The quantitative estimate of drug-likeness (QED) is 0.0875. The average molecular weight is 1120 g/mol. The number of esters is 2. The Labute approximate surface area is 487 Å². The molecule has 0 saturated heterocycles. The van der Waals surface area contributed by atoms with Gasteiger partial charge in [-0.25, -0.2) is 0 Å². The third-order valence-electron chi connectivity index (χ3n) is 30.8. The van der Waals surface area contributed by atoms with Crippen LogP contribution in [0.4, 0.5) is 0 Å². The highest BCUT2D eigenvalue weighted by Crippen LogP contribution is 2.96. The van der Waals surface area contributed by atoms with Gasteiger partial charge in [0, 0.05) is 0 Å². The van der Waals surface area contributed by atoms with Crippen LogP contribution in [0.2, 0.25) is 0 Å². The van der Waals surface area contributed by atoms with Crippen molar-refractivity contribution < 1.29 is 38.9 Å². The van der Waals surface area contributed by atoms with E-state index in [1.807, 2.05) is 0 Å². The van der Waals surface area contributed by atoms with Gasteiger partial charge in [0.15, 0.2) is 0 Å². The topological polar surface area (TPSA) is 127 Å². The summed E-state index contributed by atoms with van der Waals surface area (Å²) in [6.07, 6.45) is 8.11. The third kappa shape index (κ3) is 2.20. The first-order valence-corrected chi connectivity index (χ1v) is 32.7. The molecule has 0 aromatic heterocycles. The molecule has 19 aliphatic carbocycles. The highest BCUT2D eigenvalue weighted by Gasteiger charge is 2.88. The van der Waals surface area contributed by atoms with Crippen LogP contribution >= 0.6 is 0 Å². The van der Waals surface area contributed by atoms with Crippen molar-refractivity contribution in [2.24, 2.45) is 0 Å². The third-order valence-corrected chi connectivity index (χ3v) is 30.8. The van der Waals surface area contributed by atoms with E-state index in [4.69, 9.17) is 9.47 Å². The molecule has 8 heteroatoms. The number of allylic oxidation sites excluding steroid dienone is 5. The largest absolute Gasteiger partial charge is 0.481 e. The lowest BCUT2D eigenvalue weighted by Crippen LogP contribution is -2.64. The van der Waals surface area contributed by atoms with Crippen LogP contribution < -0.4 is 0 Å². The molecule has 0 saturated carbocycles. The van der Waals surface area contributed by atoms with Crippen molar-refractivity contribution in [1.82, 2.24) is 0 Å². The minimum atomic E-state index is -1.07. The number of carbonyl (C=O) groups excluding carboxylic acids is 2. The van der Waals surface area contributed by atoms with Crippen molar-refractivity contribution in [3.63, 3.8) is 0 Å². The van der Waals surface area contributed by atoms with Crippen molar-refractivity contribution in [2.45, 2.75) is 109 Å². The number of aliphatic carboxylic acids is 2. The van der Waals surface area contributed by atoms with Gasteiger partial charge in [-0.3, -0.25) is 19.2 Å². The summed E-state index contributed by atoms with van der Waals surface area (Å²) in [7, 11) is 0. The summed E-state index contributed by atoms with van der Waals surface area (Å²) in [4.78, 5) is 56.4. The van der Waals surface area contributed by atoms with Gasteiger partial charge in [0.1, 0.15) is 12.2 Å². The van der Waals surface area contributed by atoms with E-state index in [2.05, 4.69) is 24.3 Å². The van der Waals surface area contributed by atoms with Crippen molar-refractivity contribution in [3.8, 4) is 0 Å². The van der Waals surface area contributed by atoms with Gasteiger partial charge in [0.2, 0.25) is 0 Å². The molecule has 36 rings (SSSR count). The molecule has 19 aliphatic rings. The summed E-state index contributed by atoms with van der Waals surface area (Å²) in [5, 5.41) is 70.3. The maximum Gasteiger partial charge on any atom is 0.307 e. The Kier molecular flexibility index (Phi) is 3.92. The van der Waals surface area contributed by atoms with Crippen molar-refractivity contribution in [3.05, 3.63) is 119 Å². The van der Waals surface area contributed by atoms with Crippen LogP contribution in [0.3, 0.4) is 0 Å². The summed E-state index contributed by atoms with van der Waals surface area (Å²) in [5.41, 5.74) is 24.2. The maximum absolute atomic E-state index is 15.7. The SMILES string of the molecule is O=C(O)CCC(=O)OC1C=C2CCCCCCC3=CC(OC(=O)CCC(=O)O)C45c6c7c8c4c4c9c%10cc%11c%12c%13c%14c%15cc%16c%17c%18c%19c%20c%21c6c6c%22c%23c%24c(c7%22)c7c(c%22c%12c%12c%25c%26c%27c%28c(c6c%21c6c%19c%16c(c%15c%27c%14%12)c%286)C%23%26C(=C%13C%24%22%25)C2%17C%101C4=C%18C3%205)c%11c9c87. The van der Waals surface area contributed by atoms with Gasteiger partial charge in [0.05, 0.1) is 58.2 Å². The predicted molar refractivity (Wildman–Crippen MR) is 335 cm³/mol. The Bertz CT molecular complexity index is 7600. The molecule has 2 N–H and O–H groups in total. The zero-order valence-corrected chi connectivity index (χ0v) is 45.9. The minimum absolute atomic E-state index is 0.214. The fourth-order valence-corrected chi connectivity index (χ4v) is 30.8. The number of rotatable bonds is 8. The van der Waals surface area contributed by atoms with Crippen LogP contribution in [0, 0.1) is 0 Å². The van der Waals surface area contributed by atoms with Crippen molar-refractivity contribution in [1.29, 1.82) is 0 Å². The summed E-state index contributed by atoms with van der Waals surface area (Å²) < 4.78 is 15.3. The molecule has 0 heterocycles. The standard InChI is InChI=1S/C80H28O8/c81-23(82)7-9-25(85)87-21-12-16-6-4-2-1-3-5-15-11-22(88-26(86)10-8-24(83)84)80-65-54-43-48-41-38-37-31-19-13-17-27-33(31)39(38)51-57-35(27)36-28(17)45-30-18-14-20-32-34-29(18)46-42-40(34)52-55(65)44-49(42)67-69(50(43)44)76(63(48)51)70(57)68-56(36)47(30)62(46)75(67,68)73(45)74(76)78(16)61(19)60-58(37)64(53(41)54)77(15,80)71(60)72(79(20,21)78)59(32)66(52)80/h11-14,21-22H,1-10H2,(H,81,82)(H,83,84). The van der Waals surface area contributed by atoms with Gasteiger partial charge in [-0.05, 0) is 333 Å². The Morgan fingerprint density at radius 2 is 0.818 bits per heavy atom. The Morgan fingerprint density at radius 1 is 0.364 bits per heavy atom. The van der Waals surface area contributed by atoms with Gasteiger partial charge in [-0.2, -0.15) is 0 Å². The summed E-state index contributed by atoms with van der Waals surface area (Å²) in [6, 6.07) is 5.54. The second-order valence-corrected chi connectivity index (χ2v) is 31.5. The first-order valence-electron chi connectivity index (χ1n) is 32.7. The minimum Gasteiger partial charge on any atom is -0.481 e. The Morgan fingerprint density at radius 3 is 1.55 bits per heavy atom. The van der Waals surface area contributed by atoms with Gasteiger partial charge in [-0.1, -0.05) is 24.0 Å². The van der Waals surface area contributed by atoms with Crippen molar-refractivity contribution >= 4 is 224 Å². The molecular formula is C80H28O8.